The van der Waals surface area contributed by atoms with Gasteiger partial charge in [-0.25, -0.2) is 9.59 Å². The lowest BCUT2D eigenvalue weighted by Crippen LogP contribution is -2.48. The fraction of sp³-hybridized carbons (Fsp3) is 0.533. The highest BCUT2D eigenvalue weighted by atomic mass is 16.5. The number of hydrogen-bond acceptors (Lipinski definition) is 5. The van der Waals surface area contributed by atoms with Crippen molar-refractivity contribution in [2.75, 3.05) is 14.2 Å². The normalized spacial score (nSPS) is 31.3. The summed E-state index contributed by atoms with van der Waals surface area (Å²) in [7, 11) is 2.50. The molecule has 6 nitrogen and oxygen atoms in total. The van der Waals surface area contributed by atoms with Gasteiger partial charge in [-0.05, 0) is 13.8 Å². The maximum absolute atomic E-state index is 12.3. The number of nitrogens with one attached hydrogen (secondary N) is 1. The molecule has 2 aliphatic heterocycles. The van der Waals surface area contributed by atoms with Crippen molar-refractivity contribution in [3.63, 3.8) is 0 Å². The number of fused-ring (bicyclic) bond motifs is 2. The second kappa shape index (κ2) is 5.02. The zero-order valence-corrected chi connectivity index (χ0v) is 12.8. The van der Waals surface area contributed by atoms with Gasteiger partial charge in [-0.1, -0.05) is 18.6 Å². The second-order valence-electron chi connectivity index (χ2n) is 5.62. The van der Waals surface area contributed by atoms with E-state index in [2.05, 4.69) is 5.32 Å². The second-order valence-corrected chi connectivity index (χ2v) is 5.62. The van der Waals surface area contributed by atoms with Crippen molar-refractivity contribution in [1.82, 2.24) is 5.32 Å². The van der Waals surface area contributed by atoms with Crippen molar-refractivity contribution in [3.8, 4) is 0 Å². The molecule has 3 atom stereocenters. The van der Waals surface area contributed by atoms with Gasteiger partial charge in [0.2, 0.25) is 5.91 Å². The van der Waals surface area contributed by atoms with E-state index >= 15 is 0 Å². The van der Waals surface area contributed by atoms with Gasteiger partial charge in [0, 0.05) is 11.8 Å². The van der Waals surface area contributed by atoms with Gasteiger partial charge >= 0.3 is 11.9 Å². The summed E-state index contributed by atoms with van der Waals surface area (Å²) < 4.78 is 9.64. The summed E-state index contributed by atoms with van der Waals surface area (Å²) in [5.74, 6) is -2.42. The van der Waals surface area contributed by atoms with Crippen molar-refractivity contribution in [2.24, 2.45) is 11.8 Å². The Balaban J connectivity index is 2.77. The average Bonchev–Trinajstić information content (AvgIpc) is 2.56. The zero-order chi connectivity index (χ0) is 15.9. The van der Waals surface area contributed by atoms with E-state index in [9.17, 15) is 14.4 Å². The van der Waals surface area contributed by atoms with Crippen LogP contribution in [0.15, 0.2) is 22.8 Å². The number of ether oxygens (including phenoxy) is 2. The highest BCUT2D eigenvalue weighted by Gasteiger charge is 2.50. The molecule has 0 fully saturated rings. The third-order valence-electron chi connectivity index (χ3n) is 4.20. The van der Waals surface area contributed by atoms with Crippen LogP contribution in [-0.2, 0) is 23.9 Å². The van der Waals surface area contributed by atoms with E-state index < -0.39 is 29.3 Å². The third-order valence-corrected chi connectivity index (χ3v) is 4.20. The number of allylic oxidation sites excluding steroid dienone is 1. The Morgan fingerprint density at radius 3 is 2.33 bits per heavy atom. The minimum Gasteiger partial charge on any atom is -0.466 e. The molecule has 114 valence electrons. The van der Waals surface area contributed by atoms with Gasteiger partial charge in [-0.15, -0.1) is 0 Å². The van der Waals surface area contributed by atoms with Crippen LogP contribution in [0.4, 0.5) is 0 Å². The Bertz CT molecular complexity index is 589. The lowest BCUT2D eigenvalue weighted by atomic mass is 9.72. The lowest BCUT2D eigenvalue weighted by Gasteiger charge is -2.33. The van der Waals surface area contributed by atoms with Gasteiger partial charge in [0.15, 0.2) is 0 Å². The van der Waals surface area contributed by atoms with Crippen LogP contribution >= 0.6 is 0 Å². The van der Waals surface area contributed by atoms with E-state index in [1.54, 1.807) is 19.9 Å². The largest absolute Gasteiger partial charge is 0.466 e. The molecular formula is C15H19NO5. The average molecular weight is 293 g/mol. The Morgan fingerprint density at radius 2 is 1.81 bits per heavy atom. The molecule has 0 unspecified atom stereocenters. The van der Waals surface area contributed by atoms with Crippen LogP contribution in [0.5, 0.6) is 0 Å². The van der Waals surface area contributed by atoms with Gasteiger partial charge in [0.25, 0.3) is 0 Å². The van der Waals surface area contributed by atoms with E-state index in [0.29, 0.717) is 0 Å². The van der Waals surface area contributed by atoms with Gasteiger partial charge in [-0.3, -0.25) is 4.79 Å². The number of amides is 1. The monoisotopic (exact) mass is 293 g/mol. The van der Waals surface area contributed by atoms with E-state index in [1.807, 2.05) is 6.92 Å². The predicted molar refractivity (Wildman–Crippen MR) is 74.0 cm³/mol. The van der Waals surface area contributed by atoms with E-state index in [0.717, 1.165) is 5.57 Å². The van der Waals surface area contributed by atoms with E-state index in [1.165, 1.54) is 14.2 Å². The third kappa shape index (κ3) is 2.14. The van der Waals surface area contributed by atoms with Crippen molar-refractivity contribution in [3.05, 3.63) is 22.8 Å². The van der Waals surface area contributed by atoms with E-state index in [4.69, 9.17) is 9.47 Å². The minimum absolute atomic E-state index is 0.144. The number of hydrogen-bond donors (Lipinski definition) is 1. The number of rotatable bonds is 2. The van der Waals surface area contributed by atoms with Crippen molar-refractivity contribution >= 4 is 17.8 Å². The van der Waals surface area contributed by atoms with Crippen LogP contribution in [-0.4, -0.2) is 37.6 Å². The first-order valence-electron chi connectivity index (χ1n) is 6.69. The first kappa shape index (κ1) is 15.3. The molecule has 0 saturated heterocycles. The minimum atomic E-state index is -1.07. The van der Waals surface area contributed by atoms with Gasteiger partial charge in [-0.2, -0.15) is 0 Å². The Morgan fingerprint density at radius 1 is 1.24 bits per heavy atom. The summed E-state index contributed by atoms with van der Waals surface area (Å²) in [6.45, 7) is 5.25. The summed E-state index contributed by atoms with van der Waals surface area (Å²) >= 11 is 0. The summed E-state index contributed by atoms with van der Waals surface area (Å²) in [5.41, 5.74) is 0.137. The van der Waals surface area contributed by atoms with Crippen LogP contribution < -0.4 is 5.32 Å². The highest BCUT2D eigenvalue weighted by Crippen LogP contribution is 2.44. The molecule has 1 amide bonds. The summed E-state index contributed by atoms with van der Waals surface area (Å²) in [6.07, 6.45) is 1.80. The molecule has 0 aromatic heterocycles. The Hall–Kier alpha value is -2.11. The topological polar surface area (TPSA) is 81.7 Å². The maximum atomic E-state index is 12.3. The number of methoxy groups -OCH3 is 2. The van der Waals surface area contributed by atoms with Gasteiger partial charge < -0.3 is 14.8 Å². The number of carbonyl (C=O) groups excluding carboxylic acids is 3. The smallest absolute Gasteiger partial charge is 0.337 e. The van der Waals surface area contributed by atoms with Crippen LogP contribution in [0.2, 0.25) is 0 Å². The number of esters is 2. The van der Waals surface area contributed by atoms with Gasteiger partial charge in [0.05, 0.1) is 30.9 Å². The molecule has 3 rings (SSSR count). The standard InChI is InChI=1S/C15H19NO5/c1-7-6-15(3)11(14(19)21-5)10(13(18)20-4)9(7)8(2)12(17)16-15/h6,8-9H,1-5H3,(H,16,17)/t8-,9-,15+/m0/s1. The van der Waals surface area contributed by atoms with Crippen molar-refractivity contribution in [1.29, 1.82) is 0 Å². The molecule has 1 N–H and O–H groups in total. The summed E-state index contributed by atoms with van der Waals surface area (Å²) in [4.78, 5) is 36.7. The summed E-state index contributed by atoms with van der Waals surface area (Å²) in [6, 6.07) is 0. The molecule has 0 spiro atoms. The Kier molecular flexibility index (Phi) is 3.65. The molecule has 1 aliphatic carbocycles. The molecule has 0 aromatic carbocycles. The molecule has 0 aromatic rings. The summed E-state index contributed by atoms with van der Waals surface area (Å²) in [5, 5.41) is 2.82. The van der Waals surface area contributed by atoms with Crippen LogP contribution in [0, 0.1) is 11.8 Å². The van der Waals surface area contributed by atoms with Crippen molar-refractivity contribution in [2.45, 2.75) is 26.3 Å². The predicted octanol–water partition coefficient (Wildman–Crippen LogP) is 0.730. The molecule has 2 bridgehead atoms. The molecule has 21 heavy (non-hydrogen) atoms. The molecule has 2 heterocycles. The van der Waals surface area contributed by atoms with Gasteiger partial charge in [0.1, 0.15) is 0 Å². The Labute approximate surface area is 123 Å². The highest BCUT2D eigenvalue weighted by molar-refractivity contribution is 6.06. The molecular weight excluding hydrogens is 274 g/mol. The van der Waals surface area contributed by atoms with Crippen LogP contribution in [0.25, 0.3) is 0 Å². The lowest BCUT2D eigenvalue weighted by molar-refractivity contribution is -0.140. The molecule has 0 saturated carbocycles. The quantitative estimate of drug-likeness (QED) is 0.599. The fourth-order valence-corrected chi connectivity index (χ4v) is 3.31. The molecule has 0 radical (unpaired) electrons. The van der Waals surface area contributed by atoms with Crippen molar-refractivity contribution < 1.29 is 23.9 Å². The van der Waals surface area contributed by atoms with Crippen LogP contribution in [0.3, 0.4) is 0 Å². The fourth-order valence-electron chi connectivity index (χ4n) is 3.31. The molecule has 3 aliphatic rings. The number of carbonyl (C=O) groups is 3. The molecule has 6 heteroatoms. The SMILES string of the molecule is COC(=O)C1=C(C(=O)OC)[C@@]2(C)C=C(C)[C@H]1[C@H](C)C(=O)N2. The first-order chi connectivity index (χ1) is 9.76. The zero-order valence-electron chi connectivity index (χ0n) is 12.8. The first-order valence-corrected chi connectivity index (χ1v) is 6.69. The van der Waals surface area contributed by atoms with Crippen LogP contribution in [0.1, 0.15) is 20.8 Å². The maximum Gasteiger partial charge on any atom is 0.337 e. The van der Waals surface area contributed by atoms with E-state index in [-0.39, 0.29) is 17.1 Å².